The molecule has 0 aliphatic carbocycles. The molecule has 96 valence electrons. The summed E-state index contributed by atoms with van der Waals surface area (Å²) < 4.78 is 7.93. The van der Waals surface area contributed by atoms with E-state index >= 15 is 0 Å². The number of amides is 1. The molecule has 6 heteroatoms. The summed E-state index contributed by atoms with van der Waals surface area (Å²) in [6.07, 6.45) is 1.95. The lowest BCUT2D eigenvalue weighted by Crippen LogP contribution is -2.26. The summed E-state index contributed by atoms with van der Waals surface area (Å²) in [6, 6.07) is 3.62. The third-order valence-corrected chi connectivity index (χ3v) is 3.09. The molecule has 0 saturated heterocycles. The quantitative estimate of drug-likeness (QED) is 0.874. The van der Waals surface area contributed by atoms with Crippen LogP contribution in [0.5, 0.6) is 0 Å². The van der Waals surface area contributed by atoms with Crippen LogP contribution in [0.1, 0.15) is 21.9 Å². The van der Waals surface area contributed by atoms with Crippen LogP contribution in [0.4, 0.5) is 0 Å². The first kappa shape index (κ1) is 12.9. The van der Waals surface area contributed by atoms with Crippen molar-refractivity contribution < 1.29 is 9.32 Å². The lowest BCUT2D eigenvalue weighted by atomic mass is 10.3. The van der Waals surface area contributed by atoms with E-state index in [0.717, 1.165) is 10.2 Å². The third-order valence-electron chi connectivity index (χ3n) is 2.66. The van der Waals surface area contributed by atoms with E-state index in [1.165, 1.54) is 0 Å². The van der Waals surface area contributed by atoms with Gasteiger partial charge in [0.05, 0.1) is 12.2 Å². The first-order valence-electron chi connectivity index (χ1n) is 5.47. The predicted molar refractivity (Wildman–Crippen MR) is 70.2 cm³/mol. The molecule has 0 unspecified atom stereocenters. The molecule has 2 aromatic rings. The van der Waals surface area contributed by atoms with E-state index in [-0.39, 0.29) is 11.7 Å². The van der Waals surface area contributed by atoms with Gasteiger partial charge in [-0.1, -0.05) is 5.16 Å². The molecule has 0 N–H and O–H groups in total. The highest BCUT2D eigenvalue weighted by atomic mass is 79.9. The average Bonchev–Trinajstić information content (AvgIpc) is 2.85. The molecule has 0 saturated carbocycles. The second kappa shape index (κ2) is 4.97. The molecule has 0 aliphatic heterocycles. The molecule has 5 nitrogen and oxygen atoms in total. The van der Waals surface area contributed by atoms with Crippen molar-refractivity contribution in [3.05, 3.63) is 40.0 Å². The van der Waals surface area contributed by atoms with E-state index in [0.29, 0.717) is 12.2 Å². The second-order valence-electron chi connectivity index (χ2n) is 4.25. The number of hydrogen-bond acceptors (Lipinski definition) is 3. The van der Waals surface area contributed by atoms with E-state index < -0.39 is 0 Å². The first-order chi connectivity index (χ1) is 8.47. The summed E-state index contributed by atoms with van der Waals surface area (Å²) in [5.41, 5.74) is 1.74. The molecule has 2 rings (SSSR count). The maximum absolute atomic E-state index is 12.1. The summed E-state index contributed by atoms with van der Waals surface area (Å²) in [4.78, 5) is 13.7. The summed E-state index contributed by atoms with van der Waals surface area (Å²) >= 11 is 3.41. The van der Waals surface area contributed by atoms with Crippen molar-refractivity contribution in [2.24, 2.45) is 7.05 Å². The van der Waals surface area contributed by atoms with Gasteiger partial charge in [-0.05, 0) is 28.9 Å². The molecule has 0 fully saturated rings. The van der Waals surface area contributed by atoms with Gasteiger partial charge in [0.2, 0.25) is 5.76 Å². The average molecular weight is 312 g/mol. The molecule has 2 heterocycles. The molecule has 0 bridgehead atoms. The van der Waals surface area contributed by atoms with Gasteiger partial charge in [0.1, 0.15) is 0 Å². The Labute approximate surface area is 113 Å². The fourth-order valence-electron chi connectivity index (χ4n) is 1.69. The maximum atomic E-state index is 12.1. The van der Waals surface area contributed by atoms with Crippen LogP contribution in [-0.4, -0.2) is 27.6 Å². The zero-order valence-electron chi connectivity index (χ0n) is 10.5. The third kappa shape index (κ3) is 2.64. The van der Waals surface area contributed by atoms with Crippen molar-refractivity contribution in [2.75, 3.05) is 7.05 Å². The van der Waals surface area contributed by atoms with E-state index in [9.17, 15) is 4.79 Å². The van der Waals surface area contributed by atoms with Gasteiger partial charge < -0.3 is 14.0 Å². The molecule has 1 amide bonds. The van der Waals surface area contributed by atoms with Gasteiger partial charge in [-0.3, -0.25) is 4.79 Å². The van der Waals surface area contributed by atoms with Crippen LogP contribution < -0.4 is 0 Å². The summed E-state index contributed by atoms with van der Waals surface area (Å²) in [5.74, 6) is 0.0937. The highest BCUT2D eigenvalue weighted by Gasteiger charge is 2.17. The van der Waals surface area contributed by atoms with Crippen molar-refractivity contribution >= 4 is 21.8 Å². The minimum atomic E-state index is -0.173. The topological polar surface area (TPSA) is 51.3 Å². The Morgan fingerprint density at radius 3 is 2.78 bits per heavy atom. The van der Waals surface area contributed by atoms with Crippen LogP contribution in [0.2, 0.25) is 0 Å². The zero-order chi connectivity index (χ0) is 13.3. The largest absolute Gasteiger partial charge is 0.352 e. The molecule has 0 aliphatic rings. The SMILES string of the molecule is Cc1cc(C(=O)N(C)Cc2cc(Br)cn2C)on1. The molecular weight excluding hydrogens is 298 g/mol. The highest BCUT2D eigenvalue weighted by Crippen LogP contribution is 2.16. The maximum Gasteiger partial charge on any atom is 0.292 e. The van der Waals surface area contributed by atoms with Crippen molar-refractivity contribution in [1.29, 1.82) is 0 Å². The summed E-state index contributed by atoms with van der Waals surface area (Å²) in [7, 11) is 3.68. The van der Waals surface area contributed by atoms with Gasteiger partial charge in [-0.25, -0.2) is 0 Å². The molecule has 0 spiro atoms. The Bertz CT molecular complexity index is 574. The van der Waals surface area contributed by atoms with E-state index in [4.69, 9.17) is 4.52 Å². The van der Waals surface area contributed by atoms with Gasteiger partial charge in [-0.2, -0.15) is 0 Å². The minimum absolute atomic E-state index is 0.173. The van der Waals surface area contributed by atoms with Gasteiger partial charge >= 0.3 is 0 Å². The number of rotatable bonds is 3. The normalized spacial score (nSPS) is 10.7. The Hall–Kier alpha value is -1.56. The van der Waals surface area contributed by atoms with Gasteiger partial charge in [0, 0.05) is 36.5 Å². The van der Waals surface area contributed by atoms with Crippen molar-refractivity contribution in [3.63, 3.8) is 0 Å². The van der Waals surface area contributed by atoms with E-state index in [1.54, 1.807) is 24.9 Å². The Balaban J connectivity index is 2.10. The van der Waals surface area contributed by atoms with Crippen molar-refractivity contribution in [1.82, 2.24) is 14.6 Å². The summed E-state index contributed by atoms with van der Waals surface area (Å²) in [5, 5.41) is 3.71. The molecule has 0 radical (unpaired) electrons. The van der Waals surface area contributed by atoms with Crippen LogP contribution in [0.15, 0.2) is 27.3 Å². The lowest BCUT2D eigenvalue weighted by Gasteiger charge is -2.15. The van der Waals surface area contributed by atoms with Crippen LogP contribution in [0.3, 0.4) is 0 Å². The van der Waals surface area contributed by atoms with E-state index in [2.05, 4.69) is 21.1 Å². The van der Waals surface area contributed by atoms with Gasteiger partial charge in [0.25, 0.3) is 5.91 Å². The monoisotopic (exact) mass is 311 g/mol. The Morgan fingerprint density at radius 2 is 2.28 bits per heavy atom. The van der Waals surface area contributed by atoms with Gasteiger partial charge in [-0.15, -0.1) is 0 Å². The number of carbonyl (C=O) groups is 1. The summed E-state index contributed by atoms with van der Waals surface area (Å²) in [6.45, 7) is 2.30. The van der Waals surface area contributed by atoms with Crippen LogP contribution in [0, 0.1) is 6.92 Å². The number of aromatic nitrogens is 2. The number of carbonyl (C=O) groups excluding carboxylic acids is 1. The van der Waals surface area contributed by atoms with Gasteiger partial charge in [0.15, 0.2) is 0 Å². The number of hydrogen-bond donors (Lipinski definition) is 0. The van der Waals surface area contributed by atoms with E-state index in [1.807, 2.05) is 23.9 Å². The first-order valence-corrected chi connectivity index (χ1v) is 6.26. The minimum Gasteiger partial charge on any atom is -0.352 e. The number of aryl methyl sites for hydroxylation is 2. The van der Waals surface area contributed by atoms with Crippen molar-refractivity contribution in [2.45, 2.75) is 13.5 Å². The smallest absolute Gasteiger partial charge is 0.292 e. The van der Waals surface area contributed by atoms with Crippen LogP contribution >= 0.6 is 15.9 Å². The fraction of sp³-hybridized carbons (Fsp3) is 0.333. The predicted octanol–water partition coefficient (Wildman–Crippen LogP) is 2.36. The second-order valence-corrected chi connectivity index (χ2v) is 5.17. The zero-order valence-corrected chi connectivity index (χ0v) is 12.1. The molecular formula is C12H14BrN3O2. The fourth-order valence-corrected chi connectivity index (χ4v) is 2.26. The Morgan fingerprint density at radius 1 is 1.56 bits per heavy atom. The number of halogens is 1. The molecule has 0 atom stereocenters. The number of nitrogens with zero attached hydrogens (tertiary/aromatic N) is 3. The Kier molecular flexibility index (Phi) is 3.56. The highest BCUT2D eigenvalue weighted by molar-refractivity contribution is 9.10. The molecule has 2 aromatic heterocycles. The van der Waals surface area contributed by atoms with Crippen LogP contribution in [-0.2, 0) is 13.6 Å². The van der Waals surface area contributed by atoms with Crippen molar-refractivity contribution in [3.8, 4) is 0 Å². The van der Waals surface area contributed by atoms with Crippen LogP contribution in [0.25, 0.3) is 0 Å². The molecule has 18 heavy (non-hydrogen) atoms. The standard InChI is InChI=1S/C12H14BrN3O2/c1-8-4-11(18-14-8)12(17)16(3)7-10-5-9(13)6-15(10)2/h4-6H,7H2,1-3H3. The lowest BCUT2D eigenvalue weighted by molar-refractivity contribution is 0.0741. The molecule has 0 aromatic carbocycles.